The summed E-state index contributed by atoms with van der Waals surface area (Å²) in [7, 11) is 0. The number of aryl methyl sites for hydroxylation is 1. The highest BCUT2D eigenvalue weighted by Crippen LogP contribution is 2.40. The van der Waals surface area contributed by atoms with Gasteiger partial charge in [0.25, 0.3) is 0 Å². The first-order valence-corrected chi connectivity index (χ1v) is 11.8. The number of carbonyl (C=O) groups excluding carboxylic acids is 1. The third-order valence-corrected chi connectivity index (χ3v) is 5.91. The summed E-state index contributed by atoms with van der Waals surface area (Å²) in [4.78, 5) is 12.6. The van der Waals surface area contributed by atoms with Crippen molar-refractivity contribution in [3.05, 3.63) is 88.5 Å². The van der Waals surface area contributed by atoms with Gasteiger partial charge in [-0.25, -0.2) is 0 Å². The average Bonchev–Trinajstić information content (AvgIpc) is 2.76. The van der Waals surface area contributed by atoms with Crippen molar-refractivity contribution >= 4 is 5.78 Å². The monoisotopic (exact) mass is 460 g/mol. The number of ether oxygens (including phenoxy) is 1. The van der Waals surface area contributed by atoms with E-state index in [0.717, 1.165) is 24.0 Å². The van der Waals surface area contributed by atoms with Gasteiger partial charge in [-0.3, -0.25) is 4.79 Å². The van der Waals surface area contributed by atoms with Crippen molar-refractivity contribution in [1.29, 1.82) is 0 Å². The fraction of sp³-hybridized carbons (Fsp3) is 0.367. The van der Waals surface area contributed by atoms with E-state index in [1.54, 1.807) is 36.4 Å². The van der Waals surface area contributed by atoms with Crippen molar-refractivity contribution in [1.82, 2.24) is 0 Å². The van der Waals surface area contributed by atoms with Crippen LogP contribution in [0.1, 0.15) is 80.6 Å². The number of phenolic OH excluding ortho intramolecular Hbond substituents is 2. The normalized spacial score (nSPS) is 11.9. The summed E-state index contributed by atoms with van der Waals surface area (Å²) in [6, 6.07) is 17.9. The lowest BCUT2D eigenvalue weighted by molar-refractivity contribution is 0.103. The van der Waals surface area contributed by atoms with Gasteiger partial charge in [0, 0.05) is 11.6 Å². The van der Waals surface area contributed by atoms with Crippen LogP contribution >= 0.6 is 0 Å². The Labute approximate surface area is 203 Å². The van der Waals surface area contributed by atoms with Crippen LogP contribution < -0.4 is 4.74 Å². The molecule has 0 saturated heterocycles. The number of aromatic hydroxyl groups is 2. The molecule has 4 nitrogen and oxygen atoms in total. The van der Waals surface area contributed by atoms with Gasteiger partial charge < -0.3 is 14.9 Å². The molecule has 0 aliphatic carbocycles. The first kappa shape index (κ1) is 25.4. The number of ketones is 1. The van der Waals surface area contributed by atoms with Gasteiger partial charge >= 0.3 is 0 Å². The number of hydrogen-bond donors (Lipinski definition) is 2. The Morgan fingerprint density at radius 1 is 0.824 bits per heavy atom. The summed E-state index contributed by atoms with van der Waals surface area (Å²) in [5, 5.41) is 21.3. The molecule has 2 N–H and O–H groups in total. The Hall–Kier alpha value is -3.27. The molecule has 180 valence electrons. The number of benzene rings is 3. The molecule has 3 aromatic carbocycles. The van der Waals surface area contributed by atoms with Crippen LogP contribution in [0.4, 0.5) is 0 Å². The van der Waals surface area contributed by atoms with E-state index in [1.165, 1.54) is 11.6 Å². The summed E-state index contributed by atoms with van der Waals surface area (Å²) in [6.45, 7) is 13.1. The molecule has 0 bridgehead atoms. The molecular weight excluding hydrogens is 424 g/mol. The van der Waals surface area contributed by atoms with E-state index in [-0.39, 0.29) is 27.9 Å². The fourth-order valence-corrected chi connectivity index (χ4v) is 3.99. The highest BCUT2D eigenvalue weighted by Gasteiger charge is 2.26. The van der Waals surface area contributed by atoms with Gasteiger partial charge in [0.05, 0.1) is 12.2 Å². The molecule has 0 radical (unpaired) electrons. The molecule has 0 unspecified atom stereocenters. The van der Waals surface area contributed by atoms with Crippen LogP contribution in [-0.4, -0.2) is 22.6 Å². The first-order valence-electron chi connectivity index (χ1n) is 11.8. The number of phenols is 2. The standard InChI is InChI=1S/C30H36O4/c1-29(2,3)24-17-20(18-25(28(24)33)30(4,5)6)11-10-16-34-22-14-15-23(26(31)19-22)27(32)21-12-8-7-9-13-21/h7-9,12-15,17-19,31,33H,10-11,16H2,1-6H3. The molecule has 0 aliphatic rings. The molecule has 0 spiro atoms. The highest BCUT2D eigenvalue weighted by molar-refractivity contribution is 6.10. The summed E-state index contributed by atoms with van der Waals surface area (Å²) < 4.78 is 5.85. The lowest BCUT2D eigenvalue weighted by atomic mass is 9.78. The molecule has 0 saturated carbocycles. The van der Waals surface area contributed by atoms with Gasteiger partial charge in [-0.1, -0.05) is 84.0 Å². The van der Waals surface area contributed by atoms with Crippen molar-refractivity contribution in [2.45, 2.75) is 65.2 Å². The fourth-order valence-electron chi connectivity index (χ4n) is 3.99. The van der Waals surface area contributed by atoms with E-state index in [0.29, 0.717) is 23.7 Å². The van der Waals surface area contributed by atoms with Crippen molar-refractivity contribution in [2.75, 3.05) is 6.61 Å². The topological polar surface area (TPSA) is 66.8 Å². The maximum Gasteiger partial charge on any atom is 0.196 e. The maximum atomic E-state index is 12.6. The van der Waals surface area contributed by atoms with Gasteiger partial charge in [-0.05, 0) is 52.5 Å². The predicted molar refractivity (Wildman–Crippen MR) is 137 cm³/mol. The molecule has 0 aromatic heterocycles. The van der Waals surface area contributed by atoms with Crippen LogP contribution in [0.5, 0.6) is 17.2 Å². The van der Waals surface area contributed by atoms with Crippen molar-refractivity contribution in [3.8, 4) is 17.2 Å². The van der Waals surface area contributed by atoms with Gasteiger partial charge in [0.2, 0.25) is 0 Å². The minimum absolute atomic E-state index is 0.0884. The highest BCUT2D eigenvalue weighted by atomic mass is 16.5. The maximum absolute atomic E-state index is 12.6. The van der Waals surface area contributed by atoms with E-state index in [1.807, 2.05) is 6.07 Å². The summed E-state index contributed by atoms with van der Waals surface area (Å²) in [6.07, 6.45) is 1.59. The Balaban J connectivity index is 1.66. The molecule has 0 fully saturated rings. The Morgan fingerprint density at radius 3 is 1.94 bits per heavy atom. The van der Waals surface area contributed by atoms with Crippen LogP contribution in [0.3, 0.4) is 0 Å². The van der Waals surface area contributed by atoms with E-state index in [4.69, 9.17) is 4.74 Å². The Bertz CT molecular complexity index is 1110. The zero-order chi connectivity index (χ0) is 25.1. The molecular formula is C30H36O4. The van der Waals surface area contributed by atoms with Crippen LogP contribution in [-0.2, 0) is 17.3 Å². The second-order valence-corrected chi connectivity index (χ2v) is 10.9. The number of rotatable bonds is 7. The Kier molecular flexibility index (Phi) is 7.40. The number of carbonyl (C=O) groups is 1. The molecule has 34 heavy (non-hydrogen) atoms. The zero-order valence-corrected chi connectivity index (χ0v) is 21.1. The van der Waals surface area contributed by atoms with Gasteiger partial charge in [-0.2, -0.15) is 0 Å². The van der Waals surface area contributed by atoms with Crippen molar-refractivity contribution < 1.29 is 19.7 Å². The third-order valence-electron chi connectivity index (χ3n) is 5.91. The zero-order valence-electron chi connectivity index (χ0n) is 21.1. The molecule has 4 heteroatoms. The average molecular weight is 461 g/mol. The molecule has 3 aromatic rings. The van der Waals surface area contributed by atoms with E-state index < -0.39 is 0 Å². The molecule has 0 heterocycles. The second-order valence-electron chi connectivity index (χ2n) is 10.9. The first-order chi connectivity index (χ1) is 15.9. The molecule has 3 rings (SSSR count). The van der Waals surface area contributed by atoms with Crippen LogP contribution in [0, 0.1) is 0 Å². The second kappa shape index (κ2) is 9.92. The molecule has 0 atom stereocenters. The van der Waals surface area contributed by atoms with Gasteiger partial charge in [0.15, 0.2) is 5.78 Å². The summed E-state index contributed by atoms with van der Waals surface area (Å²) in [5.74, 6) is 0.606. The SMILES string of the molecule is CC(C)(C)c1cc(CCCOc2ccc(C(=O)c3ccccc3)c(O)c2)cc(C(C)(C)C)c1O. The summed E-state index contributed by atoms with van der Waals surface area (Å²) in [5.41, 5.74) is 3.55. The van der Waals surface area contributed by atoms with Crippen LogP contribution in [0.25, 0.3) is 0 Å². The Morgan fingerprint density at radius 2 is 1.41 bits per heavy atom. The lowest BCUT2D eigenvalue weighted by Crippen LogP contribution is -2.18. The summed E-state index contributed by atoms with van der Waals surface area (Å²) >= 11 is 0. The minimum atomic E-state index is -0.221. The van der Waals surface area contributed by atoms with E-state index >= 15 is 0 Å². The molecule has 0 aliphatic heterocycles. The van der Waals surface area contributed by atoms with E-state index in [2.05, 4.69) is 53.7 Å². The van der Waals surface area contributed by atoms with Gasteiger partial charge in [-0.15, -0.1) is 0 Å². The van der Waals surface area contributed by atoms with E-state index in [9.17, 15) is 15.0 Å². The van der Waals surface area contributed by atoms with Crippen LogP contribution in [0.2, 0.25) is 0 Å². The van der Waals surface area contributed by atoms with Gasteiger partial charge in [0.1, 0.15) is 17.2 Å². The number of hydrogen-bond acceptors (Lipinski definition) is 4. The largest absolute Gasteiger partial charge is 0.507 e. The smallest absolute Gasteiger partial charge is 0.196 e. The minimum Gasteiger partial charge on any atom is -0.507 e. The quantitative estimate of drug-likeness (QED) is 0.296. The van der Waals surface area contributed by atoms with Crippen molar-refractivity contribution in [3.63, 3.8) is 0 Å². The van der Waals surface area contributed by atoms with Crippen molar-refractivity contribution in [2.24, 2.45) is 0 Å². The lowest BCUT2D eigenvalue weighted by Gasteiger charge is -2.28. The molecule has 0 amide bonds. The predicted octanol–water partition coefficient (Wildman–Crippen LogP) is 6.94. The van der Waals surface area contributed by atoms with Crippen LogP contribution in [0.15, 0.2) is 60.7 Å². The third kappa shape index (κ3) is 5.99.